The molecule has 0 N–H and O–H groups in total. The lowest BCUT2D eigenvalue weighted by Gasteiger charge is -2.14. The molecular weight excluding hydrogens is 538 g/mol. The lowest BCUT2D eigenvalue weighted by atomic mass is 10.0. The molecule has 5 rings (SSSR count). The van der Waals surface area contributed by atoms with Crippen LogP contribution in [0.1, 0.15) is 11.1 Å². The Bertz CT molecular complexity index is 1730. The number of amides is 2. The first-order chi connectivity index (χ1) is 19.2. The van der Waals surface area contributed by atoms with Crippen molar-refractivity contribution in [1.29, 1.82) is 0 Å². The molecule has 1 aliphatic heterocycles. The van der Waals surface area contributed by atoms with Gasteiger partial charge in [0.05, 0.1) is 34.5 Å². The highest BCUT2D eigenvalue weighted by molar-refractivity contribution is 8.18. The van der Waals surface area contributed by atoms with Gasteiger partial charge in [0, 0.05) is 6.07 Å². The third kappa shape index (κ3) is 5.20. The number of thioether (sulfide) groups is 1. The van der Waals surface area contributed by atoms with Crippen molar-refractivity contribution in [1.82, 2.24) is 4.90 Å². The largest absolute Gasteiger partial charge is 0.493 e. The average molecular weight is 558 g/mol. The smallest absolute Gasteiger partial charge is 0.318 e. The summed E-state index contributed by atoms with van der Waals surface area (Å²) < 4.78 is 11.0. The average Bonchev–Trinajstić information content (AvgIpc) is 3.20. The van der Waals surface area contributed by atoms with Crippen molar-refractivity contribution in [3.63, 3.8) is 0 Å². The van der Waals surface area contributed by atoms with E-state index in [1.807, 2.05) is 42.5 Å². The molecule has 0 bridgehead atoms. The molecule has 1 aliphatic rings. The fraction of sp³-hybridized carbons (Fsp3) is 0.0714. The van der Waals surface area contributed by atoms with Crippen molar-refractivity contribution in [2.75, 3.05) is 7.11 Å². The highest BCUT2D eigenvalue weighted by atomic mass is 32.2. The van der Waals surface area contributed by atoms with Crippen LogP contribution in [0.15, 0.2) is 83.8 Å². The first kappa shape index (κ1) is 26.4. The number of nitro groups is 2. The summed E-state index contributed by atoms with van der Waals surface area (Å²) >= 11 is 0.805. The number of nitrogens with zero attached hydrogens (tertiary/aromatic N) is 3. The van der Waals surface area contributed by atoms with Gasteiger partial charge in [-0.2, -0.15) is 0 Å². The number of methoxy groups -OCH3 is 1. The van der Waals surface area contributed by atoms with Crippen LogP contribution < -0.4 is 9.47 Å². The number of hydrogen-bond donors (Lipinski definition) is 0. The molecular formula is C28H19N3O8S. The summed E-state index contributed by atoms with van der Waals surface area (Å²) in [5.41, 5.74) is 0.248. The zero-order valence-electron chi connectivity index (χ0n) is 20.8. The van der Waals surface area contributed by atoms with Gasteiger partial charge < -0.3 is 9.47 Å². The number of ether oxygens (including phenoxy) is 2. The maximum atomic E-state index is 13.2. The minimum absolute atomic E-state index is 0.0724. The number of non-ortho nitro benzene ring substituents is 1. The molecule has 1 heterocycles. The molecule has 1 saturated heterocycles. The van der Waals surface area contributed by atoms with Crippen LogP contribution in [-0.2, 0) is 11.3 Å². The van der Waals surface area contributed by atoms with E-state index in [-0.39, 0.29) is 28.7 Å². The Morgan fingerprint density at radius 1 is 0.875 bits per heavy atom. The van der Waals surface area contributed by atoms with Gasteiger partial charge in [-0.15, -0.1) is 0 Å². The van der Waals surface area contributed by atoms with Gasteiger partial charge in [-0.3, -0.25) is 34.7 Å². The Balaban J connectivity index is 1.43. The molecule has 0 saturated carbocycles. The number of rotatable bonds is 8. The fourth-order valence-electron chi connectivity index (χ4n) is 4.22. The number of fused-ring (bicyclic) bond motifs is 1. The SMILES string of the molecule is COc1ccc(/C=C2\SC(=O)N(Cc3cccc4ccccc34)C2=O)cc1Oc1ccc([N+](=O)[O-])cc1[N+](=O)[O-]. The number of carbonyl (C=O) groups excluding carboxylic acids is 2. The third-order valence-corrected chi connectivity index (χ3v) is 7.04. The highest BCUT2D eigenvalue weighted by Gasteiger charge is 2.35. The molecule has 2 amide bonds. The van der Waals surface area contributed by atoms with Crippen molar-refractivity contribution in [3.05, 3.63) is 115 Å². The monoisotopic (exact) mass is 557 g/mol. The van der Waals surface area contributed by atoms with Crippen molar-refractivity contribution in [2.24, 2.45) is 0 Å². The van der Waals surface area contributed by atoms with Gasteiger partial charge in [-0.1, -0.05) is 48.5 Å². The quantitative estimate of drug-likeness (QED) is 0.131. The van der Waals surface area contributed by atoms with Crippen molar-refractivity contribution < 1.29 is 28.9 Å². The number of imide groups is 1. The van der Waals surface area contributed by atoms with Crippen LogP contribution in [-0.4, -0.2) is 33.0 Å². The molecule has 4 aromatic carbocycles. The predicted molar refractivity (Wildman–Crippen MR) is 148 cm³/mol. The zero-order valence-corrected chi connectivity index (χ0v) is 21.6. The standard InChI is InChI=1S/C28H19N3O8S/c1-38-24-11-9-17(13-25(24)39-23-12-10-20(30(34)35)15-22(23)31(36)37)14-26-27(32)29(28(33)40-26)16-19-7-4-6-18-5-2-3-8-21(18)19/h2-15H,16H2,1H3/b26-14-. The van der Waals surface area contributed by atoms with E-state index >= 15 is 0 Å². The maximum absolute atomic E-state index is 13.2. The summed E-state index contributed by atoms with van der Waals surface area (Å²) in [4.78, 5) is 48.4. The molecule has 40 heavy (non-hydrogen) atoms. The normalized spacial score (nSPS) is 14.1. The summed E-state index contributed by atoms with van der Waals surface area (Å²) in [6.45, 7) is 0.115. The fourth-order valence-corrected chi connectivity index (χ4v) is 5.06. The second-order valence-corrected chi connectivity index (χ2v) is 9.58. The maximum Gasteiger partial charge on any atom is 0.318 e. The minimum Gasteiger partial charge on any atom is -0.493 e. The van der Waals surface area contributed by atoms with E-state index in [4.69, 9.17) is 9.47 Å². The number of benzene rings is 4. The second kappa shape index (κ2) is 10.9. The summed E-state index contributed by atoms with van der Waals surface area (Å²) in [5.74, 6) is -0.384. The Labute approximate surface area is 230 Å². The second-order valence-electron chi connectivity index (χ2n) is 8.58. The van der Waals surface area contributed by atoms with Crippen LogP contribution >= 0.6 is 11.8 Å². The van der Waals surface area contributed by atoms with Gasteiger partial charge in [0.25, 0.3) is 16.8 Å². The Kier molecular flexibility index (Phi) is 7.17. The van der Waals surface area contributed by atoms with Gasteiger partial charge in [-0.25, -0.2) is 0 Å². The molecule has 200 valence electrons. The van der Waals surface area contributed by atoms with Crippen LogP contribution in [0.5, 0.6) is 17.2 Å². The van der Waals surface area contributed by atoms with Gasteiger partial charge >= 0.3 is 5.69 Å². The molecule has 12 heteroatoms. The van der Waals surface area contributed by atoms with E-state index in [0.717, 1.165) is 46.3 Å². The molecule has 0 unspecified atom stereocenters. The molecule has 0 aromatic heterocycles. The minimum atomic E-state index is -0.787. The zero-order chi connectivity index (χ0) is 28.4. The molecule has 0 atom stereocenters. The highest BCUT2D eigenvalue weighted by Crippen LogP contribution is 2.40. The lowest BCUT2D eigenvalue weighted by molar-refractivity contribution is -0.394. The number of nitro benzene ring substituents is 2. The van der Waals surface area contributed by atoms with E-state index in [2.05, 4.69) is 0 Å². The van der Waals surface area contributed by atoms with Crippen LogP contribution in [0.3, 0.4) is 0 Å². The lowest BCUT2D eigenvalue weighted by Crippen LogP contribution is -2.27. The van der Waals surface area contributed by atoms with Gasteiger partial charge in [0.1, 0.15) is 0 Å². The Morgan fingerprint density at radius 2 is 1.62 bits per heavy atom. The van der Waals surface area contributed by atoms with Crippen LogP contribution in [0.25, 0.3) is 16.8 Å². The third-order valence-electron chi connectivity index (χ3n) is 6.14. The first-order valence-corrected chi connectivity index (χ1v) is 12.6. The van der Waals surface area contributed by atoms with Crippen LogP contribution in [0, 0.1) is 20.2 Å². The van der Waals surface area contributed by atoms with Crippen molar-refractivity contribution in [2.45, 2.75) is 6.54 Å². The van der Waals surface area contributed by atoms with Crippen molar-refractivity contribution in [3.8, 4) is 17.2 Å². The summed E-state index contributed by atoms with van der Waals surface area (Å²) in [6, 6.07) is 21.1. The summed E-state index contributed by atoms with van der Waals surface area (Å²) in [5, 5.41) is 24.1. The van der Waals surface area contributed by atoms with Gasteiger partial charge in [-0.05, 0) is 57.9 Å². The Hall–Kier alpha value is -5.23. The molecule has 0 spiro atoms. The number of hydrogen-bond acceptors (Lipinski definition) is 9. The molecule has 0 radical (unpaired) electrons. The molecule has 11 nitrogen and oxygen atoms in total. The van der Waals surface area contributed by atoms with Crippen molar-refractivity contribution >= 4 is 51.1 Å². The van der Waals surface area contributed by atoms with Gasteiger partial charge in [0.2, 0.25) is 5.75 Å². The van der Waals surface area contributed by atoms with Gasteiger partial charge in [0.15, 0.2) is 11.5 Å². The van der Waals surface area contributed by atoms with E-state index in [9.17, 15) is 29.8 Å². The number of carbonyl (C=O) groups is 2. The van der Waals surface area contributed by atoms with Crippen LogP contribution in [0.4, 0.5) is 16.2 Å². The van der Waals surface area contributed by atoms with E-state index in [0.29, 0.717) is 5.56 Å². The summed E-state index contributed by atoms with van der Waals surface area (Å²) in [6.07, 6.45) is 1.52. The molecule has 4 aromatic rings. The molecule has 0 aliphatic carbocycles. The summed E-state index contributed by atoms with van der Waals surface area (Å²) in [7, 11) is 1.38. The predicted octanol–water partition coefficient (Wildman–Crippen LogP) is 6.69. The van der Waals surface area contributed by atoms with E-state index < -0.39 is 32.4 Å². The van der Waals surface area contributed by atoms with Crippen LogP contribution in [0.2, 0.25) is 0 Å². The topological polar surface area (TPSA) is 142 Å². The van der Waals surface area contributed by atoms with E-state index in [1.165, 1.54) is 24.2 Å². The molecule has 1 fully saturated rings. The van der Waals surface area contributed by atoms with E-state index in [1.54, 1.807) is 12.1 Å². The first-order valence-electron chi connectivity index (χ1n) is 11.8. The Morgan fingerprint density at radius 3 is 2.38 bits per heavy atom.